The number of piperazine rings is 1. The Balaban J connectivity index is 2.10. The third kappa shape index (κ3) is 7.74. The average molecular weight is 528 g/mol. The van der Waals surface area contributed by atoms with Crippen molar-refractivity contribution in [3.05, 3.63) is 28.2 Å². The molecule has 1 aromatic carbocycles. The Morgan fingerprint density at radius 3 is 2.81 bits per heavy atom. The van der Waals surface area contributed by atoms with E-state index in [2.05, 4.69) is 33.5 Å². The lowest BCUT2D eigenvalue weighted by Gasteiger charge is -2.36. The molecule has 2 amide bonds. The van der Waals surface area contributed by atoms with E-state index in [1.807, 2.05) is 13.8 Å². The Labute approximate surface area is 202 Å². The van der Waals surface area contributed by atoms with Crippen LogP contribution < -0.4 is 15.4 Å². The lowest BCUT2D eigenvalue weighted by molar-refractivity contribution is -0.148. The Morgan fingerprint density at radius 2 is 2.12 bits per heavy atom. The molecule has 2 N–H and O–H groups in total. The fourth-order valence-corrected chi connectivity index (χ4v) is 3.68. The second-order valence-corrected chi connectivity index (χ2v) is 9.19. The van der Waals surface area contributed by atoms with Gasteiger partial charge in [0, 0.05) is 17.6 Å². The number of benzene rings is 1. The van der Waals surface area contributed by atoms with Gasteiger partial charge in [-0.1, -0.05) is 43.1 Å². The Kier molecular flexibility index (Phi) is 10.4. The quantitative estimate of drug-likeness (QED) is 0.289. The first kappa shape index (κ1) is 26.1. The lowest BCUT2D eigenvalue weighted by Crippen LogP contribution is -2.60. The largest absolute Gasteiger partial charge is 0.493 e. The maximum absolute atomic E-state index is 13.0. The molecule has 32 heavy (non-hydrogen) atoms. The second kappa shape index (κ2) is 12.7. The third-order valence-corrected chi connectivity index (χ3v) is 5.52. The average Bonchev–Trinajstić information content (AvgIpc) is 2.74. The van der Waals surface area contributed by atoms with Crippen LogP contribution in [0.15, 0.2) is 22.7 Å². The van der Waals surface area contributed by atoms with Gasteiger partial charge in [0.1, 0.15) is 11.8 Å². The van der Waals surface area contributed by atoms with Crippen LogP contribution in [0.3, 0.4) is 0 Å². The van der Waals surface area contributed by atoms with Crippen LogP contribution in [0, 0.1) is 5.92 Å². The highest BCUT2D eigenvalue weighted by atomic mass is 79.9. The van der Waals surface area contributed by atoms with Gasteiger partial charge in [-0.05, 0) is 42.8 Å². The first-order chi connectivity index (χ1) is 15.2. The van der Waals surface area contributed by atoms with Crippen LogP contribution in [0.25, 0.3) is 0 Å². The van der Waals surface area contributed by atoms with Crippen molar-refractivity contribution >= 4 is 51.0 Å². The van der Waals surface area contributed by atoms with Crippen LogP contribution in [-0.4, -0.2) is 60.1 Å². The molecule has 0 radical (unpaired) electrons. The lowest BCUT2D eigenvalue weighted by atomic mass is 10.1. The van der Waals surface area contributed by atoms with Gasteiger partial charge in [-0.2, -0.15) is 0 Å². The predicted molar refractivity (Wildman–Crippen MR) is 129 cm³/mol. The molecule has 1 saturated heterocycles. The molecule has 1 aliphatic heterocycles. The van der Waals surface area contributed by atoms with Gasteiger partial charge >= 0.3 is 5.97 Å². The maximum atomic E-state index is 13.0. The van der Waals surface area contributed by atoms with E-state index in [1.165, 1.54) is 0 Å². The van der Waals surface area contributed by atoms with E-state index >= 15 is 0 Å². The van der Waals surface area contributed by atoms with Gasteiger partial charge in [-0.25, -0.2) is 0 Å². The summed E-state index contributed by atoms with van der Waals surface area (Å²) in [5.41, 5.74) is 0.326. The van der Waals surface area contributed by atoms with Crippen molar-refractivity contribution < 1.29 is 23.9 Å². The number of ether oxygens (including phenoxy) is 2. The van der Waals surface area contributed by atoms with Crippen LogP contribution in [-0.2, 0) is 14.3 Å². The van der Waals surface area contributed by atoms with Gasteiger partial charge in [0.2, 0.25) is 5.91 Å². The highest BCUT2D eigenvalue weighted by molar-refractivity contribution is 9.10. The van der Waals surface area contributed by atoms with Crippen LogP contribution in [0.5, 0.6) is 5.75 Å². The number of hydrogen-bond acceptors (Lipinski definition) is 6. The van der Waals surface area contributed by atoms with Crippen molar-refractivity contribution in [2.45, 2.75) is 46.1 Å². The number of unbranched alkanes of at least 4 members (excludes halogenated alkanes) is 1. The van der Waals surface area contributed by atoms with Gasteiger partial charge in [-0.3, -0.25) is 19.7 Å². The summed E-state index contributed by atoms with van der Waals surface area (Å²) in [4.78, 5) is 39.2. The van der Waals surface area contributed by atoms with E-state index in [4.69, 9.17) is 21.7 Å². The minimum atomic E-state index is -0.848. The zero-order valence-corrected chi connectivity index (χ0v) is 21.0. The van der Waals surface area contributed by atoms with Crippen molar-refractivity contribution in [3.63, 3.8) is 0 Å². The number of thiocarbonyl (C=S) groups is 1. The third-order valence-electron chi connectivity index (χ3n) is 4.69. The summed E-state index contributed by atoms with van der Waals surface area (Å²) >= 11 is 8.81. The Morgan fingerprint density at radius 1 is 1.38 bits per heavy atom. The molecule has 8 nitrogen and oxygen atoms in total. The van der Waals surface area contributed by atoms with E-state index in [-0.39, 0.29) is 30.0 Å². The van der Waals surface area contributed by atoms with Gasteiger partial charge in [0.25, 0.3) is 5.91 Å². The highest BCUT2D eigenvalue weighted by Crippen LogP contribution is 2.24. The monoisotopic (exact) mass is 527 g/mol. The first-order valence-corrected chi connectivity index (χ1v) is 11.9. The van der Waals surface area contributed by atoms with Crippen molar-refractivity contribution in [1.82, 2.24) is 15.5 Å². The number of amides is 2. The number of halogens is 1. The highest BCUT2D eigenvalue weighted by Gasteiger charge is 2.34. The minimum Gasteiger partial charge on any atom is -0.493 e. The van der Waals surface area contributed by atoms with E-state index in [0.717, 1.165) is 17.3 Å². The van der Waals surface area contributed by atoms with Crippen molar-refractivity contribution in [2.24, 2.45) is 5.92 Å². The van der Waals surface area contributed by atoms with E-state index in [0.29, 0.717) is 31.0 Å². The number of esters is 1. The molecule has 176 valence electrons. The molecule has 1 atom stereocenters. The van der Waals surface area contributed by atoms with Crippen LogP contribution >= 0.6 is 28.1 Å². The number of carbonyl (C=O) groups excluding carboxylic acids is 3. The number of carbonyl (C=O) groups is 3. The molecule has 1 heterocycles. The number of rotatable bonds is 9. The molecule has 10 heteroatoms. The molecular weight excluding hydrogens is 498 g/mol. The number of nitrogens with zero attached hydrogens (tertiary/aromatic N) is 1. The summed E-state index contributed by atoms with van der Waals surface area (Å²) in [6.07, 6.45) is 1.68. The van der Waals surface area contributed by atoms with Gasteiger partial charge < -0.3 is 19.7 Å². The molecule has 0 saturated carbocycles. The zero-order valence-electron chi connectivity index (χ0n) is 18.6. The van der Waals surface area contributed by atoms with E-state index in [9.17, 15) is 14.4 Å². The fourth-order valence-electron chi connectivity index (χ4n) is 3.01. The normalized spacial score (nSPS) is 15.8. The zero-order chi connectivity index (χ0) is 23.7. The van der Waals surface area contributed by atoms with Gasteiger partial charge in [-0.15, -0.1) is 0 Å². The first-order valence-electron chi connectivity index (χ1n) is 10.7. The molecule has 0 aliphatic carbocycles. The smallest absolute Gasteiger partial charge is 0.308 e. The number of hydrogen-bond donors (Lipinski definition) is 2. The summed E-state index contributed by atoms with van der Waals surface area (Å²) in [5, 5.41) is 5.49. The molecule has 1 aromatic rings. The molecule has 1 fully saturated rings. The summed E-state index contributed by atoms with van der Waals surface area (Å²) < 4.78 is 11.7. The Hall–Kier alpha value is -2.20. The molecule has 0 bridgehead atoms. The molecular formula is C22H30BrN3O5S. The van der Waals surface area contributed by atoms with Gasteiger partial charge in [0.05, 0.1) is 25.2 Å². The molecule has 0 spiro atoms. The van der Waals surface area contributed by atoms with Crippen LogP contribution in [0.1, 0.15) is 50.4 Å². The predicted octanol–water partition coefficient (Wildman–Crippen LogP) is 3.03. The fraction of sp³-hybridized carbons (Fsp3) is 0.545. The summed E-state index contributed by atoms with van der Waals surface area (Å²) in [5.74, 6) is -0.629. The van der Waals surface area contributed by atoms with Crippen molar-refractivity contribution in [1.29, 1.82) is 0 Å². The molecule has 1 aliphatic rings. The van der Waals surface area contributed by atoms with E-state index in [1.54, 1.807) is 23.1 Å². The van der Waals surface area contributed by atoms with E-state index < -0.39 is 17.9 Å². The SMILES string of the molecule is CCCCOc1ccc(Br)cc1C(=O)NC(=S)N1CCNC(=O)C1CC(=O)OCC(C)C. The molecule has 1 unspecified atom stereocenters. The second-order valence-electron chi connectivity index (χ2n) is 7.88. The standard InChI is InChI=1S/C22H30BrN3O5S/c1-4-5-10-30-18-7-6-15(23)11-16(18)20(28)25-22(32)26-9-8-24-21(29)17(26)12-19(27)31-13-14(2)3/h6-7,11,14,17H,4-5,8-10,12-13H2,1-3H3,(H,24,29)(H,25,28,32). The van der Waals surface area contributed by atoms with Crippen LogP contribution in [0.4, 0.5) is 0 Å². The minimum absolute atomic E-state index is 0.0750. The molecule has 0 aromatic heterocycles. The van der Waals surface area contributed by atoms with Crippen molar-refractivity contribution in [3.8, 4) is 5.75 Å². The topological polar surface area (TPSA) is 97.0 Å². The summed E-state index contributed by atoms with van der Waals surface area (Å²) in [6, 6.07) is 4.33. The van der Waals surface area contributed by atoms with Gasteiger partial charge in [0.15, 0.2) is 5.11 Å². The van der Waals surface area contributed by atoms with Crippen LogP contribution in [0.2, 0.25) is 0 Å². The number of nitrogens with one attached hydrogen (secondary N) is 2. The molecule has 2 rings (SSSR count). The van der Waals surface area contributed by atoms with Crippen molar-refractivity contribution in [2.75, 3.05) is 26.3 Å². The summed E-state index contributed by atoms with van der Waals surface area (Å²) in [6.45, 7) is 7.41. The summed E-state index contributed by atoms with van der Waals surface area (Å²) in [7, 11) is 0. The Bertz CT molecular complexity index is 849. The maximum Gasteiger partial charge on any atom is 0.308 e.